The third kappa shape index (κ3) is 4.26. The standard InChI is InChI=1S/C23H18ClN3O5/c1-3-31-21-11-16(27(29)30)9-14(22(21)28)12-25-15-5-6-18(24)17(10-15)23-26-19-8-13(2)4-7-20(19)32-23/h4-12,28H,3H2,1-2H3. The lowest BCUT2D eigenvalue weighted by atomic mass is 10.1. The second-order valence-corrected chi connectivity index (χ2v) is 7.39. The van der Waals surface area contributed by atoms with Crippen LogP contribution in [0.15, 0.2) is 57.9 Å². The van der Waals surface area contributed by atoms with Gasteiger partial charge in [-0.15, -0.1) is 0 Å². The van der Waals surface area contributed by atoms with Crippen LogP contribution in [0, 0.1) is 17.0 Å². The summed E-state index contributed by atoms with van der Waals surface area (Å²) in [5, 5.41) is 22.1. The second-order valence-electron chi connectivity index (χ2n) is 6.98. The summed E-state index contributed by atoms with van der Waals surface area (Å²) in [6.45, 7) is 3.93. The van der Waals surface area contributed by atoms with Crippen molar-refractivity contribution in [3.05, 3.63) is 74.8 Å². The second kappa shape index (κ2) is 8.68. The van der Waals surface area contributed by atoms with E-state index in [1.54, 1.807) is 25.1 Å². The number of hydrogen-bond donors (Lipinski definition) is 1. The van der Waals surface area contributed by atoms with Crippen LogP contribution in [0.5, 0.6) is 11.5 Å². The minimum absolute atomic E-state index is 0.0155. The number of nitro benzene ring substituents is 1. The van der Waals surface area contributed by atoms with E-state index in [9.17, 15) is 15.2 Å². The van der Waals surface area contributed by atoms with Crippen molar-refractivity contribution in [3.63, 3.8) is 0 Å². The average Bonchev–Trinajstić information content (AvgIpc) is 3.18. The Labute approximate surface area is 187 Å². The van der Waals surface area contributed by atoms with Gasteiger partial charge < -0.3 is 14.3 Å². The number of nitrogens with zero attached hydrogens (tertiary/aromatic N) is 3. The largest absolute Gasteiger partial charge is 0.504 e. The van der Waals surface area contributed by atoms with Crippen LogP contribution in [-0.4, -0.2) is 27.8 Å². The van der Waals surface area contributed by atoms with Crippen LogP contribution in [0.25, 0.3) is 22.6 Å². The molecule has 1 N–H and O–H groups in total. The van der Waals surface area contributed by atoms with Crippen molar-refractivity contribution in [3.8, 4) is 23.0 Å². The minimum Gasteiger partial charge on any atom is -0.504 e. The normalized spacial score (nSPS) is 11.3. The highest BCUT2D eigenvalue weighted by atomic mass is 35.5. The number of rotatable bonds is 6. The fraction of sp³-hybridized carbons (Fsp3) is 0.130. The predicted molar refractivity (Wildman–Crippen MR) is 122 cm³/mol. The molecule has 4 aromatic rings. The van der Waals surface area contributed by atoms with Crippen molar-refractivity contribution in [1.29, 1.82) is 0 Å². The van der Waals surface area contributed by atoms with Gasteiger partial charge in [0.05, 0.1) is 33.9 Å². The minimum atomic E-state index is -0.561. The smallest absolute Gasteiger partial charge is 0.274 e. The molecule has 9 heteroatoms. The Morgan fingerprint density at radius 1 is 1.25 bits per heavy atom. The number of aliphatic imine (C=N–C) groups is 1. The molecular weight excluding hydrogens is 434 g/mol. The van der Waals surface area contributed by atoms with Crippen LogP contribution < -0.4 is 4.74 Å². The number of fused-ring (bicyclic) bond motifs is 1. The van der Waals surface area contributed by atoms with E-state index in [1.165, 1.54) is 18.3 Å². The van der Waals surface area contributed by atoms with Crippen molar-refractivity contribution in [1.82, 2.24) is 4.98 Å². The van der Waals surface area contributed by atoms with E-state index < -0.39 is 4.92 Å². The molecular formula is C23H18ClN3O5. The van der Waals surface area contributed by atoms with Crippen molar-refractivity contribution in [2.45, 2.75) is 13.8 Å². The van der Waals surface area contributed by atoms with Crippen LogP contribution in [0.1, 0.15) is 18.1 Å². The van der Waals surface area contributed by atoms with Gasteiger partial charge in [-0.2, -0.15) is 0 Å². The molecule has 0 aliphatic rings. The number of benzene rings is 3. The number of non-ortho nitro benzene ring substituents is 1. The Bertz CT molecular complexity index is 1360. The van der Waals surface area contributed by atoms with E-state index in [0.717, 1.165) is 11.1 Å². The molecule has 4 rings (SSSR count). The number of hydrogen-bond acceptors (Lipinski definition) is 7. The first-order valence-corrected chi connectivity index (χ1v) is 10.1. The lowest BCUT2D eigenvalue weighted by molar-refractivity contribution is -0.385. The van der Waals surface area contributed by atoms with Crippen LogP contribution in [0.3, 0.4) is 0 Å². The number of nitro groups is 1. The van der Waals surface area contributed by atoms with E-state index in [-0.39, 0.29) is 29.4 Å². The molecule has 0 atom stereocenters. The molecule has 0 aliphatic heterocycles. The Hall–Kier alpha value is -3.91. The molecule has 0 bridgehead atoms. The first-order chi connectivity index (χ1) is 15.4. The van der Waals surface area contributed by atoms with E-state index in [1.807, 2.05) is 25.1 Å². The number of oxazole rings is 1. The summed E-state index contributed by atoms with van der Waals surface area (Å²) < 4.78 is 11.1. The average molecular weight is 452 g/mol. The van der Waals surface area contributed by atoms with Gasteiger partial charge in [-0.25, -0.2) is 4.98 Å². The summed E-state index contributed by atoms with van der Waals surface area (Å²) >= 11 is 6.36. The Morgan fingerprint density at radius 3 is 2.81 bits per heavy atom. The van der Waals surface area contributed by atoms with Gasteiger partial charge >= 0.3 is 0 Å². The molecule has 162 valence electrons. The molecule has 3 aromatic carbocycles. The lowest BCUT2D eigenvalue weighted by Gasteiger charge is -2.08. The lowest BCUT2D eigenvalue weighted by Crippen LogP contribution is -1.97. The molecule has 0 radical (unpaired) electrons. The topological polar surface area (TPSA) is 111 Å². The van der Waals surface area contributed by atoms with Gasteiger partial charge in [0.2, 0.25) is 5.89 Å². The molecule has 0 saturated heterocycles. The van der Waals surface area contributed by atoms with E-state index in [0.29, 0.717) is 27.7 Å². The summed E-state index contributed by atoms with van der Waals surface area (Å²) in [7, 11) is 0. The van der Waals surface area contributed by atoms with Gasteiger partial charge in [0.25, 0.3) is 5.69 Å². The molecule has 0 saturated carbocycles. The van der Waals surface area contributed by atoms with Gasteiger partial charge in [-0.05, 0) is 49.7 Å². The number of halogens is 1. The van der Waals surface area contributed by atoms with Crippen molar-refractivity contribution in [2.24, 2.45) is 4.99 Å². The molecule has 0 spiro atoms. The van der Waals surface area contributed by atoms with Crippen molar-refractivity contribution in [2.75, 3.05) is 6.61 Å². The van der Waals surface area contributed by atoms with Gasteiger partial charge in [0.1, 0.15) is 5.52 Å². The van der Waals surface area contributed by atoms with Gasteiger partial charge in [0.15, 0.2) is 17.1 Å². The highest BCUT2D eigenvalue weighted by Crippen LogP contribution is 2.36. The fourth-order valence-electron chi connectivity index (χ4n) is 3.14. The van der Waals surface area contributed by atoms with Crippen LogP contribution in [0.2, 0.25) is 5.02 Å². The summed E-state index contributed by atoms with van der Waals surface area (Å²) in [6.07, 6.45) is 1.33. The zero-order chi connectivity index (χ0) is 22.8. The molecule has 0 amide bonds. The van der Waals surface area contributed by atoms with Crippen molar-refractivity contribution >= 4 is 40.3 Å². The summed E-state index contributed by atoms with van der Waals surface area (Å²) in [5.74, 6) is 0.135. The van der Waals surface area contributed by atoms with Crippen LogP contribution in [0.4, 0.5) is 11.4 Å². The quantitative estimate of drug-likeness (QED) is 0.211. The Kier molecular flexibility index (Phi) is 5.79. The molecule has 0 aliphatic carbocycles. The monoisotopic (exact) mass is 451 g/mol. The molecule has 0 unspecified atom stereocenters. The van der Waals surface area contributed by atoms with E-state index >= 15 is 0 Å². The zero-order valence-corrected chi connectivity index (χ0v) is 18.0. The number of ether oxygens (including phenoxy) is 1. The van der Waals surface area contributed by atoms with E-state index in [2.05, 4.69) is 9.98 Å². The highest BCUT2D eigenvalue weighted by Gasteiger charge is 2.17. The first kappa shape index (κ1) is 21.3. The number of aromatic hydroxyl groups is 1. The third-order valence-corrected chi connectivity index (χ3v) is 5.01. The van der Waals surface area contributed by atoms with Gasteiger partial charge in [-0.3, -0.25) is 15.1 Å². The number of aryl methyl sites for hydroxylation is 1. The summed E-state index contributed by atoms with van der Waals surface area (Å²) in [4.78, 5) is 19.5. The van der Waals surface area contributed by atoms with E-state index in [4.69, 9.17) is 20.8 Å². The third-order valence-electron chi connectivity index (χ3n) is 4.68. The summed E-state index contributed by atoms with van der Waals surface area (Å²) in [5.41, 5.74) is 3.39. The maximum atomic E-state index is 11.2. The van der Waals surface area contributed by atoms with Crippen molar-refractivity contribution < 1.29 is 19.2 Å². The first-order valence-electron chi connectivity index (χ1n) is 9.71. The van der Waals surface area contributed by atoms with Crippen LogP contribution >= 0.6 is 11.6 Å². The maximum Gasteiger partial charge on any atom is 0.274 e. The SMILES string of the molecule is CCOc1cc([N+](=O)[O-])cc(C=Nc2ccc(Cl)c(-c3nc4cc(C)ccc4o3)c2)c1O. The molecule has 32 heavy (non-hydrogen) atoms. The fourth-order valence-corrected chi connectivity index (χ4v) is 3.34. The van der Waals surface area contributed by atoms with Gasteiger partial charge in [-0.1, -0.05) is 17.7 Å². The number of phenols is 1. The molecule has 1 heterocycles. The van der Waals surface area contributed by atoms with Gasteiger partial charge in [0, 0.05) is 17.8 Å². The Balaban J connectivity index is 1.72. The Morgan fingerprint density at radius 2 is 2.06 bits per heavy atom. The molecule has 8 nitrogen and oxygen atoms in total. The number of phenolic OH excluding ortho intramolecular Hbond substituents is 1. The summed E-state index contributed by atoms with van der Waals surface area (Å²) in [6, 6.07) is 13.1. The molecule has 1 aromatic heterocycles. The zero-order valence-electron chi connectivity index (χ0n) is 17.2. The predicted octanol–water partition coefficient (Wildman–Crippen LogP) is 6.22. The highest BCUT2D eigenvalue weighted by molar-refractivity contribution is 6.33. The molecule has 0 fully saturated rings. The van der Waals surface area contributed by atoms with Crippen LogP contribution in [-0.2, 0) is 0 Å². The number of aromatic nitrogens is 1. The maximum absolute atomic E-state index is 11.2.